The molecule has 1 atom stereocenters. The first-order chi connectivity index (χ1) is 6.87. The van der Waals surface area contributed by atoms with Crippen molar-refractivity contribution >= 4 is 16.0 Å². The lowest BCUT2D eigenvalue weighted by atomic mass is 10.4. The predicted molar refractivity (Wildman–Crippen MR) is 50.6 cm³/mol. The van der Waals surface area contributed by atoms with Gasteiger partial charge in [0.05, 0.1) is 12.5 Å². The highest BCUT2D eigenvalue weighted by Crippen LogP contribution is 2.12. The predicted octanol–water partition coefficient (Wildman–Crippen LogP) is -0.497. The number of aliphatic carboxylic acids is 1. The molecular weight excluding hydrogens is 222 g/mol. The monoisotopic (exact) mass is 233 g/mol. The Balaban J connectivity index is 3.03. The number of hydrogen-bond acceptors (Lipinski definition) is 4. The molecule has 15 heavy (non-hydrogen) atoms. The van der Waals surface area contributed by atoms with Gasteiger partial charge in [-0.1, -0.05) is 0 Å². The minimum absolute atomic E-state index is 0.127. The van der Waals surface area contributed by atoms with Crippen LogP contribution in [0.3, 0.4) is 0 Å². The molecule has 0 spiro atoms. The Kier molecular flexibility index (Phi) is 3.10. The lowest BCUT2D eigenvalue weighted by Crippen LogP contribution is -2.40. The second-order valence-electron chi connectivity index (χ2n) is 2.95. The summed E-state index contributed by atoms with van der Waals surface area (Å²) < 4.78 is 24.2. The van der Waals surface area contributed by atoms with Gasteiger partial charge in [-0.3, -0.25) is 4.79 Å². The van der Waals surface area contributed by atoms with Crippen LogP contribution in [-0.4, -0.2) is 46.9 Å². The molecule has 0 fully saturated rings. The zero-order valence-electron chi connectivity index (χ0n) is 8.21. The number of carboxylic acids is 1. The summed E-state index contributed by atoms with van der Waals surface area (Å²) >= 11 is 0. The van der Waals surface area contributed by atoms with E-state index in [0.29, 0.717) is 0 Å². The largest absolute Gasteiger partial charge is 0.480 e. The standard InChI is InChI=1S/C7H11N3O4S/c1-5(7(11)12)10(2)15(13,14)6-3-8-4-9-6/h3-5H,1-2H3,(H,8,9)(H,11,12). The van der Waals surface area contributed by atoms with Gasteiger partial charge in [0.25, 0.3) is 10.0 Å². The third kappa shape index (κ3) is 2.16. The molecule has 0 saturated heterocycles. The molecule has 7 nitrogen and oxygen atoms in total. The van der Waals surface area contributed by atoms with Crippen molar-refractivity contribution in [1.82, 2.24) is 14.3 Å². The van der Waals surface area contributed by atoms with Gasteiger partial charge in [-0.15, -0.1) is 0 Å². The average Bonchev–Trinajstić information content (AvgIpc) is 2.68. The fraction of sp³-hybridized carbons (Fsp3) is 0.429. The van der Waals surface area contributed by atoms with Gasteiger partial charge in [-0.2, -0.15) is 4.31 Å². The van der Waals surface area contributed by atoms with Crippen molar-refractivity contribution in [2.75, 3.05) is 7.05 Å². The first-order valence-electron chi connectivity index (χ1n) is 4.06. The Morgan fingerprint density at radius 3 is 2.67 bits per heavy atom. The number of imidazole rings is 1. The summed E-state index contributed by atoms with van der Waals surface area (Å²) in [7, 11) is -2.60. The summed E-state index contributed by atoms with van der Waals surface area (Å²) in [4.78, 5) is 16.6. The van der Waals surface area contributed by atoms with E-state index in [1.54, 1.807) is 0 Å². The van der Waals surface area contributed by atoms with Crippen LogP contribution in [0.2, 0.25) is 0 Å². The normalized spacial score (nSPS) is 14.1. The fourth-order valence-corrected chi connectivity index (χ4v) is 2.12. The molecular formula is C7H11N3O4S. The average molecular weight is 233 g/mol. The van der Waals surface area contributed by atoms with Gasteiger partial charge in [0, 0.05) is 7.05 Å². The molecule has 2 N–H and O–H groups in total. The van der Waals surface area contributed by atoms with Crippen molar-refractivity contribution in [2.24, 2.45) is 0 Å². The molecule has 1 aromatic rings. The van der Waals surface area contributed by atoms with Crippen LogP contribution in [0.4, 0.5) is 0 Å². The Morgan fingerprint density at radius 2 is 2.27 bits per heavy atom. The van der Waals surface area contributed by atoms with Crippen LogP contribution in [0.15, 0.2) is 17.6 Å². The molecule has 1 aromatic heterocycles. The zero-order chi connectivity index (χ0) is 11.6. The Bertz CT molecular complexity index is 439. The molecule has 1 heterocycles. The van der Waals surface area contributed by atoms with Crippen LogP contribution < -0.4 is 0 Å². The highest BCUT2D eigenvalue weighted by Gasteiger charge is 2.30. The molecule has 0 radical (unpaired) electrons. The van der Waals surface area contributed by atoms with E-state index in [9.17, 15) is 13.2 Å². The Morgan fingerprint density at radius 1 is 1.67 bits per heavy atom. The maximum absolute atomic E-state index is 11.7. The summed E-state index contributed by atoms with van der Waals surface area (Å²) in [5, 5.41) is 8.55. The molecule has 84 valence electrons. The first-order valence-corrected chi connectivity index (χ1v) is 5.50. The van der Waals surface area contributed by atoms with Gasteiger partial charge >= 0.3 is 5.97 Å². The summed E-state index contributed by atoms with van der Waals surface area (Å²) in [6, 6.07) is -1.13. The smallest absolute Gasteiger partial charge is 0.321 e. The third-order valence-electron chi connectivity index (χ3n) is 2.03. The van der Waals surface area contributed by atoms with Gasteiger partial charge in [-0.05, 0) is 6.92 Å². The minimum Gasteiger partial charge on any atom is -0.480 e. The van der Waals surface area contributed by atoms with Gasteiger partial charge in [-0.25, -0.2) is 13.4 Å². The summed E-state index contributed by atoms with van der Waals surface area (Å²) in [5.74, 6) is -1.21. The molecule has 0 aliphatic rings. The fourth-order valence-electron chi connectivity index (χ4n) is 0.903. The summed E-state index contributed by atoms with van der Waals surface area (Å²) in [6.07, 6.45) is 2.34. The number of nitrogens with one attached hydrogen (secondary N) is 1. The number of rotatable bonds is 4. The highest BCUT2D eigenvalue weighted by atomic mass is 32.2. The van der Waals surface area contributed by atoms with Gasteiger partial charge in [0.15, 0.2) is 5.03 Å². The van der Waals surface area contributed by atoms with E-state index in [-0.39, 0.29) is 5.03 Å². The number of H-pyrrole nitrogens is 1. The molecule has 1 rings (SSSR count). The van der Waals surface area contributed by atoms with Crippen molar-refractivity contribution in [3.05, 3.63) is 12.5 Å². The number of carboxylic acid groups (broad SMARTS) is 1. The number of aromatic nitrogens is 2. The third-order valence-corrected chi connectivity index (χ3v) is 3.89. The number of aromatic amines is 1. The minimum atomic E-state index is -3.81. The van der Waals surface area contributed by atoms with Crippen molar-refractivity contribution in [3.63, 3.8) is 0 Å². The topological polar surface area (TPSA) is 103 Å². The SMILES string of the molecule is CC(C(=O)O)N(C)S(=O)(=O)c1cnc[nH]1. The summed E-state index contributed by atoms with van der Waals surface area (Å²) in [6.45, 7) is 1.29. The molecule has 0 saturated carbocycles. The van der Waals surface area contributed by atoms with Gasteiger partial charge in [0.2, 0.25) is 0 Å². The second-order valence-corrected chi connectivity index (χ2v) is 4.92. The number of likely N-dealkylation sites (N-methyl/N-ethyl adjacent to an activating group) is 1. The highest BCUT2D eigenvalue weighted by molar-refractivity contribution is 7.89. The van der Waals surface area contributed by atoms with E-state index < -0.39 is 22.0 Å². The van der Waals surface area contributed by atoms with Crippen molar-refractivity contribution < 1.29 is 18.3 Å². The molecule has 0 aliphatic heterocycles. The van der Waals surface area contributed by atoms with E-state index in [0.717, 1.165) is 10.5 Å². The van der Waals surface area contributed by atoms with E-state index >= 15 is 0 Å². The maximum atomic E-state index is 11.7. The number of carbonyl (C=O) groups is 1. The second kappa shape index (κ2) is 3.99. The van der Waals surface area contributed by atoms with Crippen LogP contribution >= 0.6 is 0 Å². The number of nitrogens with zero attached hydrogens (tertiary/aromatic N) is 2. The van der Waals surface area contributed by atoms with Crippen molar-refractivity contribution in [2.45, 2.75) is 18.0 Å². The van der Waals surface area contributed by atoms with E-state index in [4.69, 9.17) is 5.11 Å². The molecule has 0 aliphatic carbocycles. The van der Waals surface area contributed by atoms with E-state index in [1.807, 2.05) is 0 Å². The summed E-state index contributed by atoms with van der Waals surface area (Å²) in [5.41, 5.74) is 0. The molecule has 0 bridgehead atoms. The van der Waals surface area contributed by atoms with Gasteiger partial charge in [0.1, 0.15) is 6.04 Å². The van der Waals surface area contributed by atoms with Gasteiger partial charge < -0.3 is 10.1 Å². The van der Waals surface area contributed by atoms with E-state index in [2.05, 4.69) is 9.97 Å². The van der Waals surface area contributed by atoms with Crippen LogP contribution in [-0.2, 0) is 14.8 Å². The molecule has 8 heteroatoms. The number of sulfonamides is 1. The van der Waals surface area contributed by atoms with Crippen molar-refractivity contribution in [3.8, 4) is 0 Å². The lowest BCUT2D eigenvalue weighted by molar-refractivity contribution is -0.140. The van der Waals surface area contributed by atoms with Crippen LogP contribution in [0.25, 0.3) is 0 Å². The quantitative estimate of drug-likeness (QED) is 0.729. The van der Waals surface area contributed by atoms with E-state index in [1.165, 1.54) is 20.3 Å². The number of hydrogen-bond donors (Lipinski definition) is 2. The lowest BCUT2D eigenvalue weighted by Gasteiger charge is -2.19. The van der Waals surface area contributed by atoms with Crippen LogP contribution in [0, 0.1) is 0 Å². The first kappa shape index (κ1) is 11.7. The molecule has 0 aromatic carbocycles. The Hall–Kier alpha value is -1.41. The molecule has 0 amide bonds. The van der Waals surface area contributed by atoms with Crippen LogP contribution in [0.1, 0.15) is 6.92 Å². The molecule has 1 unspecified atom stereocenters. The van der Waals surface area contributed by atoms with Crippen molar-refractivity contribution in [1.29, 1.82) is 0 Å². The van der Waals surface area contributed by atoms with Crippen LogP contribution in [0.5, 0.6) is 0 Å². The maximum Gasteiger partial charge on any atom is 0.321 e. The Labute approximate surface area is 86.8 Å². The zero-order valence-corrected chi connectivity index (χ0v) is 9.02.